The Balaban J connectivity index is 1.88. The molecule has 0 bridgehead atoms. The molecule has 2 aromatic rings. The lowest BCUT2D eigenvalue weighted by molar-refractivity contribution is 0.681. The minimum Gasteiger partial charge on any atom is -0.350 e. The van der Waals surface area contributed by atoms with Crippen molar-refractivity contribution < 1.29 is 0 Å². The van der Waals surface area contributed by atoms with Gasteiger partial charge in [0.25, 0.3) is 0 Å². The molecule has 0 aliphatic carbocycles. The summed E-state index contributed by atoms with van der Waals surface area (Å²) in [5, 5.41) is 0. The van der Waals surface area contributed by atoms with Crippen molar-refractivity contribution in [2.45, 2.75) is 26.4 Å². The number of rotatable bonds is 3. The summed E-state index contributed by atoms with van der Waals surface area (Å²) < 4.78 is 0. The molecule has 2 nitrogen and oxygen atoms in total. The summed E-state index contributed by atoms with van der Waals surface area (Å²) in [7, 11) is 0. The SMILES string of the molecule is CC(C)N1CN(Cc2ccccc2)c2ccccc21. The van der Waals surface area contributed by atoms with Gasteiger partial charge in [-0.1, -0.05) is 42.5 Å². The van der Waals surface area contributed by atoms with E-state index in [9.17, 15) is 0 Å². The second kappa shape index (κ2) is 4.96. The highest BCUT2D eigenvalue weighted by Gasteiger charge is 2.26. The lowest BCUT2D eigenvalue weighted by Crippen LogP contribution is -2.35. The van der Waals surface area contributed by atoms with Gasteiger partial charge in [-0.3, -0.25) is 0 Å². The van der Waals surface area contributed by atoms with Crippen LogP contribution >= 0.6 is 0 Å². The van der Waals surface area contributed by atoms with E-state index in [-0.39, 0.29) is 0 Å². The third kappa shape index (κ3) is 2.30. The van der Waals surface area contributed by atoms with Gasteiger partial charge in [-0.15, -0.1) is 0 Å². The van der Waals surface area contributed by atoms with E-state index in [1.807, 2.05) is 0 Å². The van der Waals surface area contributed by atoms with Gasteiger partial charge in [-0.05, 0) is 31.5 Å². The first-order valence-corrected chi connectivity index (χ1v) is 6.90. The maximum Gasteiger partial charge on any atom is 0.0910 e. The Kier molecular flexibility index (Phi) is 3.16. The molecule has 0 radical (unpaired) electrons. The highest BCUT2D eigenvalue weighted by atomic mass is 15.4. The summed E-state index contributed by atoms with van der Waals surface area (Å²) in [6.45, 7) is 6.46. The molecule has 0 saturated carbocycles. The Hall–Kier alpha value is -1.96. The molecule has 0 N–H and O–H groups in total. The Morgan fingerprint density at radius 2 is 1.53 bits per heavy atom. The van der Waals surface area contributed by atoms with E-state index < -0.39 is 0 Å². The van der Waals surface area contributed by atoms with Crippen LogP contribution < -0.4 is 9.80 Å². The van der Waals surface area contributed by atoms with E-state index >= 15 is 0 Å². The molecule has 2 heteroatoms. The number of hydrogen-bond acceptors (Lipinski definition) is 2. The first-order valence-electron chi connectivity index (χ1n) is 6.90. The van der Waals surface area contributed by atoms with E-state index in [1.54, 1.807) is 0 Å². The predicted molar refractivity (Wildman–Crippen MR) is 81.5 cm³/mol. The van der Waals surface area contributed by atoms with Crippen LogP contribution in [0, 0.1) is 0 Å². The van der Waals surface area contributed by atoms with Gasteiger partial charge in [0.05, 0.1) is 18.0 Å². The molecular formula is C17H20N2. The Morgan fingerprint density at radius 3 is 2.21 bits per heavy atom. The molecule has 1 aliphatic rings. The fourth-order valence-electron chi connectivity index (χ4n) is 2.69. The number of fused-ring (bicyclic) bond motifs is 1. The number of anilines is 2. The van der Waals surface area contributed by atoms with Gasteiger partial charge < -0.3 is 9.80 Å². The van der Waals surface area contributed by atoms with Gasteiger partial charge >= 0.3 is 0 Å². The average molecular weight is 252 g/mol. The largest absolute Gasteiger partial charge is 0.350 e. The van der Waals surface area contributed by atoms with Crippen molar-refractivity contribution in [3.05, 3.63) is 60.2 Å². The summed E-state index contributed by atoms with van der Waals surface area (Å²) >= 11 is 0. The van der Waals surface area contributed by atoms with Crippen molar-refractivity contribution in [1.29, 1.82) is 0 Å². The van der Waals surface area contributed by atoms with Crippen LogP contribution in [-0.4, -0.2) is 12.7 Å². The highest BCUT2D eigenvalue weighted by Crippen LogP contribution is 2.37. The Morgan fingerprint density at radius 1 is 0.895 bits per heavy atom. The second-order valence-electron chi connectivity index (χ2n) is 5.38. The molecule has 0 saturated heterocycles. The minimum absolute atomic E-state index is 0.530. The summed E-state index contributed by atoms with van der Waals surface area (Å²) in [6.07, 6.45) is 0. The van der Waals surface area contributed by atoms with Crippen LogP contribution in [0.2, 0.25) is 0 Å². The highest BCUT2D eigenvalue weighted by molar-refractivity contribution is 5.76. The normalized spacial score (nSPS) is 14.1. The molecule has 98 valence electrons. The Labute approximate surface area is 115 Å². The van der Waals surface area contributed by atoms with E-state index in [0.717, 1.165) is 13.2 Å². The number of nitrogens with zero attached hydrogens (tertiary/aromatic N) is 2. The van der Waals surface area contributed by atoms with E-state index in [4.69, 9.17) is 0 Å². The number of para-hydroxylation sites is 2. The van der Waals surface area contributed by atoms with Crippen LogP contribution in [0.15, 0.2) is 54.6 Å². The van der Waals surface area contributed by atoms with Gasteiger partial charge in [-0.25, -0.2) is 0 Å². The third-order valence-electron chi connectivity index (χ3n) is 3.69. The van der Waals surface area contributed by atoms with Crippen LogP contribution in [0.3, 0.4) is 0 Å². The molecule has 2 aromatic carbocycles. The van der Waals surface area contributed by atoms with Crippen molar-refractivity contribution in [3.63, 3.8) is 0 Å². The maximum atomic E-state index is 2.46. The van der Waals surface area contributed by atoms with Crippen LogP contribution in [-0.2, 0) is 6.54 Å². The first-order chi connectivity index (χ1) is 9.25. The summed E-state index contributed by atoms with van der Waals surface area (Å²) in [5.41, 5.74) is 4.07. The van der Waals surface area contributed by atoms with Gasteiger partial charge in [0.1, 0.15) is 0 Å². The molecule has 3 rings (SSSR count). The van der Waals surface area contributed by atoms with Crippen molar-refractivity contribution in [2.24, 2.45) is 0 Å². The molecular weight excluding hydrogens is 232 g/mol. The van der Waals surface area contributed by atoms with Crippen LogP contribution in [0.25, 0.3) is 0 Å². The van der Waals surface area contributed by atoms with Gasteiger partial charge in [0.2, 0.25) is 0 Å². The van der Waals surface area contributed by atoms with Crippen LogP contribution in [0.5, 0.6) is 0 Å². The molecule has 1 heterocycles. The standard InChI is InChI=1S/C17H20N2/c1-14(2)19-13-18(12-15-8-4-3-5-9-15)16-10-6-7-11-17(16)19/h3-11,14H,12-13H2,1-2H3. The van der Waals surface area contributed by atoms with Gasteiger partial charge in [-0.2, -0.15) is 0 Å². The fraction of sp³-hybridized carbons (Fsp3) is 0.294. The van der Waals surface area contributed by atoms with E-state index in [1.165, 1.54) is 16.9 Å². The molecule has 19 heavy (non-hydrogen) atoms. The lowest BCUT2D eigenvalue weighted by atomic mass is 10.2. The van der Waals surface area contributed by atoms with Crippen molar-refractivity contribution in [3.8, 4) is 0 Å². The summed E-state index contributed by atoms with van der Waals surface area (Å²) in [6, 6.07) is 19.9. The fourth-order valence-corrected chi connectivity index (χ4v) is 2.69. The quantitative estimate of drug-likeness (QED) is 0.818. The molecule has 0 amide bonds. The Bertz CT molecular complexity index is 548. The van der Waals surface area contributed by atoms with Gasteiger partial charge in [0.15, 0.2) is 0 Å². The van der Waals surface area contributed by atoms with Crippen molar-refractivity contribution in [2.75, 3.05) is 16.5 Å². The molecule has 0 fully saturated rings. The third-order valence-corrected chi connectivity index (χ3v) is 3.69. The average Bonchev–Trinajstić information content (AvgIpc) is 2.79. The summed E-state index contributed by atoms with van der Waals surface area (Å²) in [5.74, 6) is 0. The smallest absolute Gasteiger partial charge is 0.0910 e. The van der Waals surface area contributed by atoms with E-state index in [0.29, 0.717) is 6.04 Å². The zero-order chi connectivity index (χ0) is 13.2. The molecule has 0 spiro atoms. The van der Waals surface area contributed by atoms with Crippen molar-refractivity contribution in [1.82, 2.24) is 0 Å². The molecule has 0 aromatic heterocycles. The summed E-state index contributed by atoms with van der Waals surface area (Å²) in [4.78, 5) is 4.91. The number of benzene rings is 2. The monoisotopic (exact) mass is 252 g/mol. The molecule has 0 atom stereocenters. The van der Waals surface area contributed by atoms with Gasteiger partial charge in [0, 0.05) is 12.6 Å². The predicted octanol–water partition coefficient (Wildman–Crippen LogP) is 3.88. The van der Waals surface area contributed by atoms with E-state index in [2.05, 4.69) is 78.2 Å². The van der Waals surface area contributed by atoms with Crippen LogP contribution in [0.1, 0.15) is 19.4 Å². The molecule has 1 aliphatic heterocycles. The van der Waals surface area contributed by atoms with Crippen molar-refractivity contribution >= 4 is 11.4 Å². The minimum atomic E-state index is 0.530. The maximum absolute atomic E-state index is 2.46. The number of hydrogen-bond donors (Lipinski definition) is 0. The first kappa shape index (κ1) is 12.1. The lowest BCUT2D eigenvalue weighted by Gasteiger charge is -2.25. The topological polar surface area (TPSA) is 6.48 Å². The molecule has 0 unspecified atom stereocenters. The second-order valence-corrected chi connectivity index (χ2v) is 5.38. The zero-order valence-corrected chi connectivity index (χ0v) is 11.6. The zero-order valence-electron chi connectivity index (χ0n) is 11.6. The van der Waals surface area contributed by atoms with Crippen LogP contribution in [0.4, 0.5) is 11.4 Å².